The summed E-state index contributed by atoms with van der Waals surface area (Å²) in [6.45, 7) is 4.97. The van der Waals surface area contributed by atoms with E-state index < -0.39 is 0 Å². The lowest BCUT2D eigenvalue weighted by atomic mass is 10.2. The predicted octanol–water partition coefficient (Wildman–Crippen LogP) is 3.91. The molecule has 0 aliphatic rings. The number of aromatic nitrogens is 2. The van der Waals surface area contributed by atoms with Crippen molar-refractivity contribution in [2.75, 3.05) is 17.7 Å². The molecular weight excluding hydrogens is 420 g/mol. The molecule has 0 aliphatic heterocycles. The van der Waals surface area contributed by atoms with Crippen LogP contribution < -0.4 is 15.4 Å². The fraction of sp³-hybridized carbons (Fsp3) is 0.238. The minimum atomic E-state index is -0.317. The van der Waals surface area contributed by atoms with Gasteiger partial charge in [0.25, 0.3) is 5.91 Å². The molecule has 0 saturated heterocycles. The fourth-order valence-corrected chi connectivity index (χ4v) is 4.01. The number of carbonyl (C=O) groups is 2. The Balaban J connectivity index is 1.43. The second kappa shape index (κ2) is 10.7. The van der Waals surface area contributed by atoms with E-state index in [9.17, 15) is 9.59 Å². The van der Waals surface area contributed by atoms with Crippen molar-refractivity contribution in [2.24, 2.45) is 0 Å². The topological polar surface area (TPSA) is 93.2 Å². The van der Waals surface area contributed by atoms with Crippen LogP contribution in [0.2, 0.25) is 0 Å². The van der Waals surface area contributed by atoms with Gasteiger partial charge in [-0.05, 0) is 43.7 Å². The Bertz CT molecular complexity index is 988. The van der Waals surface area contributed by atoms with Crippen molar-refractivity contribution in [3.05, 3.63) is 64.7 Å². The smallest absolute Gasteiger partial charge is 0.286 e. The first-order chi connectivity index (χ1) is 14.5. The van der Waals surface area contributed by atoms with Crippen LogP contribution in [0.1, 0.15) is 27.9 Å². The Morgan fingerprint density at radius 2 is 1.80 bits per heavy atom. The van der Waals surface area contributed by atoms with E-state index in [0.717, 1.165) is 28.2 Å². The lowest BCUT2D eigenvalue weighted by Crippen LogP contribution is -2.24. The SMILES string of the molecule is CCOc1ccc(CNC(=O)CSc2nnc(C(=O)Nc3ccc(C)cc3)s2)cc1. The second-order valence-electron chi connectivity index (χ2n) is 6.34. The molecule has 3 aromatic rings. The van der Waals surface area contributed by atoms with Crippen molar-refractivity contribution in [1.29, 1.82) is 0 Å². The van der Waals surface area contributed by atoms with Gasteiger partial charge in [0.15, 0.2) is 4.34 Å². The minimum Gasteiger partial charge on any atom is -0.494 e. The number of anilines is 1. The average molecular weight is 443 g/mol. The number of thioether (sulfide) groups is 1. The molecule has 2 aromatic carbocycles. The van der Waals surface area contributed by atoms with Crippen LogP contribution in [0.4, 0.5) is 5.69 Å². The number of ether oxygens (including phenoxy) is 1. The van der Waals surface area contributed by atoms with Gasteiger partial charge in [0, 0.05) is 12.2 Å². The Hall–Kier alpha value is -2.91. The summed E-state index contributed by atoms with van der Waals surface area (Å²) in [6, 6.07) is 15.1. The van der Waals surface area contributed by atoms with Crippen molar-refractivity contribution >= 4 is 40.6 Å². The summed E-state index contributed by atoms with van der Waals surface area (Å²) in [4.78, 5) is 24.4. The highest BCUT2D eigenvalue weighted by Gasteiger charge is 2.14. The van der Waals surface area contributed by atoms with Crippen LogP contribution in [0.5, 0.6) is 5.75 Å². The summed E-state index contributed by atoms with van der Waals surface area (Å²) in [5.74, 6) is 0.574. The van der Waals surface area contributed by atoms with E-state index >= 15 is 0 Å². The first-order valence-corrected chi connectivity index (χ1v) is 11.2. The molecule has 0 aliphatic carbocycles. The fourth-order valence-electron chi connectivity index (χ4n) is 2.43. The highest BCUT2D eigenvalue weighted by molar-refractivity contribution is 8.01. The molecule has 0 radical (unpaired) electrons. The Labute approximate surface area is 183 Å². The molecule has 156 valence electrons. The third-order valence-electron chi connectivity index (χ3n) is 3.96. The summed E-state index contributed by atoms with van der Waals surface area (Å²) < 4.78 is 5.97. The summed E-state index contributed by atoms with van der Waals surface area (Å²) in [5, 5.41) is 13.8. The van der Waals surface area contributed by atoms with E-state index in [2.05, 4.69) is 20.8 Å². The molecule has 0 spiro atoms. The largest absolute Gasteiger partial charge is 0.494 e. The number of nitrogens with zero attached hydrogens (tertiary/aromatic N) is 2. The van der Waals surface area contributed by atoms with Crippen LogP contribution >= 0.6 is 23.1 Å². The van der Waals surface area contributed by atoms with Crippen LogP contribution in [0, 0.1) is 6.92 Å². The molecule has 0 fully saturated rings. The van der Waals surface area contributed by atoms with E-state index in [1.807, 2.05) is 62.4 Å². The van der Waals surface area contributed by atoms with Crippen LogP contribution in [0.3, 0.4) is 0 Å². The van der Waals surface area contributed by atoms with Gasteiger partial charge >= 0.3 is 0 Å². The van der Waals surface area contributed by atoms with Gasteiger partial charge in [-0.3, -0.25) is 9.59 Å². The maximum absolute atomic E-state index is 12.3. The van der Waals surface area contributed by atoms with Gasteiger partial charge in [-0.25, -0.2) is 0 Å². The van der Waals surface area contributed by atoms with E-state index in [0.29, 0.717) is 23.2 Å². The highest BCUT2D eigenvalue weighted by atomic mass is 32.2. The summed E-state index contributed by atoms with van der Waals surface area (Å²) in [6.07, 6.45) is 0. The standard InChI is InChI=1S/C21H22N4O3S2/c1-3-28-17-10-6-15(7-11-17)12-22-18(26)13-29-21-25-24-20(30-21)19(27)23-16-8-4-14(2)5-9-16/h4-11H,3,12-13H2,1-2H3,(H,22,26)(H,23,27). The Morgan fingerprint density at radius 1 is 1.07 bits per heavy atom. The van der Waals surface area contributed by atoms with Crippen LogP contribution in [0.25, 0.3) is 0 Å². The monoisotopic (exact) mass is 442 g/mol. The molecule has 0 atom stereocenters. The number of nitrogens with one attached hydrogen (secondary N) is 2. The van der Waals surface area contributed by atoms with Crippen LogP contribution in [-0.2, 0) is 11.3 Å². The van der Waals surface area contributed by atoms with E-state index in [4.69, 9.17) is 4.74 Å². The predicted molar refractivity (Wildman–Crippen MR) is 119 cm³/mol. The van der Waals surface area contributed by atoms with E-state index in [-0.39, 0.29) is 22.6 Å². The average Bonchev–Trinajstić information content (AvgIpc) is 3.23. The van der Waals surface area contributed by atoms with Gasteiger partial charge < -0.3 is 15.4 Å². The van der Waals surface area contributed by atoms with Gasteiger partial charge in [0.1, 0.15) is 5.75 Å². The Kier molecular flexibility index (Phi) is 7.81. The third kappa shape index (κ3) is 6.57. The first-order valence-electron chi connectivity index (χ1n) is 9.36. The molecule has 0 unspecified atom stereocenters. The minimum absolute atomic E-state index is 0.116. The summed E-state index contributed by atoms with van der Waals surface area (Å²) in [5.41, 5.74) is 2.80. The van der Waals surface area contributed by atoms with Crippen molar-refractivity contribution in [3.63, 3.8) is 0 Å². The lowest BCUT2D eigenvalue weighted by Gasteiger charge is -2.06. The number of carbonyl (C=O) groups excluding carboxylic acids is 2. The van der Waals surface area contributed by atoms with Crippen molar-refractivity contribution in [3.8, 4) is 5.75 Å². The quantitative estimate of drug-likeness (QED) is 0.488. The summed E-state index contributed by atoms with van der Waals surface area (Å²) >= 11 is 2.41. The molecule has 1 heterocycles. The second-order valence-corrected chi connectivity index (χ2v) is 8.54. The summed E-state index contributed by atoms with van der Waals surface area (Å²) in [7, 11) is 0. The number of rotatable bonds is 9. The molecule has 9 heteroatoms. The molecule has 30 heavy (non-hydrogen) atoms. The molecule has 2 amide bonds. The van der Waals surface area contributed by atoms with E-state index in [1.54, 1.807) is 0 Å². The number of aryl methyl sites for hydroxylation is 1. The zero-order valence-corrected chi connectivity index (χ0v) is 18.3. The van der Waals surface area contributed by atoms with Crippen molar-refractivity contribution in [1.82, 2.24) is 15.5 Å². The Morgan fingerprint density at radius 3 is 2.50 bits per heavy atom. The molecule has 7 nitrogen and oxygen atoms in total. The van der Waals surface area contributed by atoms with Gasteiger partial charge in [0.05, 0.1) is 12.4 Å². The zero-order chi connectivity index (χ0) is 21.3. The van der Waals surface area contributed by atoms with Crippen LogP contribution in [0.15, 0.2) is 52.9 Å². The van der Waals surface area contributed by atoms with Gasteiger partial charge in [0.2, 0.25) is 10.9 Å². The van der Waals surface area contributed by atoms with Crippen LogP contribution in [-0.4, -0.2) is 34.4 Å². The van der Waals surface area contributed by atoms with Crippen molar-refractivity contribution in [2.45, 2.75) is 24.7 Å². The van der Waals surface area contributed by atoms with E-state index in [1.165, 1.54) is 11.8 Å². The number of hydrogen-bond donors (Lipinski definition) is 2. The lowest BCUT2D eigenvalue weighted by molar-refractivity contribution is -0.118. The maximum atomic E-state index is 12.3. The molecular formula is C21H22N4O3S2. The van der Waals surface area contributed by atoms with Crippen molar-refractivity contribution < 1.29 is 14.3 Å². The zero-order valence-electron chi connectivity index (χ0n) is 16.7. The molecule has 0 bridgehead atoms. The number of amides is 2. The molecule has 1 aromatic heterocycles. The van der Waals surface area contributed by atoms with Gasteiger partial charge in [-0.2, -0.15) is 0 Å². The highest BCUT2D eigenvalue weighted by Crippen LogP contribution is 2.23. The van der Waals surface area contributed by atoms with Gasteiger partial charge in [-0.1, -0.05) is 52.9 Å². The normalized spacial score (nSPS) is 10.5. The third-order valence-corrected chi connectivity index (χ3v) is 6.02. The molecule has 0 saturated carbocycles. The molecule has 2 N–H and O–H groups in total. The first kappa shape index (κ1) is 21.8. The maximum Gasteiger partial charge on any atom is 0.286 e. The van der Waals surface area contributed by atoms with Gasteiger partial charge in [-0.15, -0.1) is 10.2 Å². The number of hydrogen-bond acceptors (Lipinski definition) is 7. The number of benzene rings is 2. The molecule has 3 rings (SSSR count).